The van der Waals surface area contributed by atoms with Crippen LogP contribution in [0.4, 0.5) is 17.2 Å². The summed E-state index contributed by atoms with van der Waals surface area (Å²) in [6.07, 6.45) is 1.60. The number of nitrogens with one attached hydrogen (secondary N) is 1. The first kappa shape index (κ1) is 11.8. The van der Waals surface area contributed by atoms with Crippen molar-refractivity contribution in [3.05, 3.63) is 58.3 Å². The Morgan fingerprint density at radius 2 is 2.17 bits per heavy atom. The molecule has 0 unspecified atom stereocenters. The largest absolute Gasteiger partial charge is 0.384 e. The Labute approximate surface area is 104 Å². The molecule has 0 atom stereocenters. The number of nitrogens with two attached hydrogens (primary N) is 1. The molecule has 0 aliphatic rings. The van der Waals surface area contributed by atoms with E-state index in [4.69, 9.17) is 5.73 Å². The highest BCUT2D eigenvalue weighted by molar-refractivity contribution is 5.50. The molecule has 0 bridgehead atoms. The van der Waals surface area contributed by atoms with Crippen LogP contribution in [0, 0.1) is 10.1 Å². The van der Waals surface area contributed by atoms with E-state index in [9.17, 15) is 10.1 Å². The number of hydrogen-bond donors (Lipinski definition) is 2. The molecule has 6 nitrogen and oxygen atoms in total. The third-order valence-electron chi connectivity index (χ3n) is 2.40. The van der Waals surface area contributed by atoms with Crippen LogP contribution in [-0.2, 0) is 6.54 Å². The number of non-ortho nitro benzene ring substituents is 1. The van der Waals surface area contributed by atoms with Crippen LogP contribution < -0.4 is 11.1 Å². The van der Waals surface area contributed by atoms with Gasteiger partial charge in [0.25, 0.3) is 5.69 Å². The van der Waals surface area contributed by atoms with Crippen molar-refractivity contribution in [2.24, 2.45) is 0 Å². The summed E-state index contributed by atoms with van der Waals surface area (Å²) in [7, 11) is 0. The monoisotopic (exact) mass is 244 g/mol. The van der Waals surface area contributed by atoms with Gasteiger partial charge in [0.1, 0.15) is 5.82 Å². The van der Waals surface area contributed by atoms with Crippen LogP contribution in [0.2, 0.25) is 0 Å². The van der Waals surface area contributed by atoms with Crippen LogP contribution in [0.25, 0.3) is 0 Å². The first-order chi connectivity index (χ1) is 8.65. The molecule has 1 aromatic carbocycles. The van der Waals surface area contributed by atoms with E-state index >= 15 is 0 Å². The van der Waals surface area contributed by atoms with E-state index in [1.54, 1.807) is 24.4 Å². The molecule has 0 saturated carbocycles. The molecule has 2 aromatic rings. The minimum absolute atomic E-state index is 0.0866. The van der Waals surface area contributed by atoms with Crippen LogP contribution in [0.5, 0.6) is 0 Å². The van der Waals surface area contributed by atoms with Crippen LogP contribution in [0.3, 0.4) is 0 Å². The zero-order valence-electron chi connectivity index (χ0n) is 9.54. The highest BCUT2D eigenvalue weighted by Crippen LogP contribution is 2.15. The maximum absolute atomic E-state index is 10.6. The van der Waals surface area contributed by atoms with Crippen molar-refractivity contribution >= 4 is 17.2 Å². The standard InChI is InChI=1S/C12H12N4O2/c13-12-7-10(4-5-14-12)15-8-9-2-1-3-11(6-9)16(17)18/h1-7H,8H2,(H3,13,14,15). The first-order valence-electron chi connectivity index (χ1n) is 5.34. The van der Waals surface area contributed by atoms with E-state index in [1.165, 1.54) is 12.1 Å². The van der Waals surface area contributed by atoms with Crippen LogP contribution in [-0.4, -0.2) is 9.91 Å². The van der Waals surface area contributed by atoms with Crippen LogP contribution in [0.1, 0.15) is 5.56 Å². The Balaban J connectivity index is 2.06. The summed E-state index contributed by atoms with van der Waals surface area (Å²) in [5, 5.41) is 13.8. The second-order valence-corrected chi connectivity index (χ2v) is 3.75. The summed E-state index contributed by atoms with van der Waals surface area (Å²) in [6, 6.07) is 9.98. The van der Waals surface area contributed by atoms with Gasteiger partial charge in [0, 0.05) is 36.6 Å². The lowest BCUT2D eigenvalue weighted by atomic mass is 10.2. The molecule has 1 aromatic heterocycles. The van der Waals surface area contributed by atoms with E-state index in [2.05, 4.69) is 10.3 Å². The summed E-state index contributed by atoms with van der Waals surface area (Å²) in [6.45, 7) is 0.491. The molecule has 0 saturated heterocycles. The Hall–Kier alpha value is -2.63. The summed E-state index contributed by atoms with van der Waals surface area (Å²) in [5.74, 6) is 0.430. The predicted molar refractivity (Wildman–Crippen MR) is 69.1 cm³/mol. The summed E-state index contributed by atoms with van der Waals surface area (Å²) in [4.78, 5) is 14.1. The SMILES string of the molecule is Nc1cc(NCc2cccc([N+](=O)[O-])c2)ccn1. The zero-order valence-corrected chi connectivity index (χ0v) is 9.54. The molecule has 0 radical (unpaired) electrons. The fourth-order valence-corrected chi connectivity index (χ4v) is 1.54. The zero-order chi connectivity index (χ0) is 13.0. The Morgan fingerprint density at radius 3 is 2.89 bits per heavy atom. The van der Waals surface area contributed by atoms with Gasteiger partial charge in [-0.05, 0) is 11.6 Å². The van der Waals surface area contributed by atoms with Crippen LogP contribution in [0.15, 0.2) is 42.6 Å². The van der Waals surface area contributed by atoms with Gasteiger partial charge < -0.3 is 11.1 Å². The van der Waals surface area contributed by atoms with Gasteiger partial charge in [0.2, 0.25) is 0 Å². The first-order valence-corrected chi connectivity index (χ1v) is 5.34. The lowest BCUT2D eigenvalue weighted by Gasteiger charge is -2.06. The fourth-order valence-electron chi connectivity index (χ4n) is 1.54. The Bertz CT molecular complexity index is 572. The molecule has 1 heterocycles. The van der Waals surface area contributed by atoms with Gasteiger partial charge in [0.05, 0.1) is 4.92 Å². The number of nitro groups is 1. The molecule has 3 N–H and O–H groups in total. The maximum atomic E-state index is 10.6. The van der Waals surface area contributed by atoms with Crippen molar-refractivity contribution in [3.8, 4) is 0 Å². The van der Waals surface area contributed by atoms with Gasteiger partial charge >= 0.3 is 0 Å². The van der Waals surface area contributed by atoms with Crippen molar-refractivity contribution < 1.29 is 4.92 Å². The van der Waals surface area contributed by atoms with E-state index < -0.39 is 4.92 Å². The Kier molecular flexibility index (Phi) is 3.38. The van der Waals surface area contributed by atoms with Gasteiger partial charge in [-0.15, -0.1) is 0 Å². The molecule has 0 fully saturated rings. The smallest absolute Gasteiger partial charge is 0.269 e. The summed E-state index contributed by atoms with van der Waals surface area (Å²) < 4.78 is 0. The number of rotatable bonds is 4. The van der Waals surface area contributed by atoms with Crippen molar-refractivity contribution in [3.63, 3.8) is 0 Å². The number of hydrogen-bond acceptors (Lipinski definition) is 5. The molecule has 0 aliphatic carbocycles. The maximum Gasteiger partial charge on any atom is 0.269 e. The van der Waals surface area contributed by atoms with Crippen molar-refractivity contribution in [2.75, 3.05) is 11.1 Å². The number of benzene rings is 1. The second-order valence-electron chi connectivity index (χ2n) is 3.75. The lowest BCUT2D eigenvalue weighted by Crippen LogP contribution is -2.01. The second kappa shape index (κ2) is 5.13. The minimum Gasteiger partial charge on any atom is -0.384 e. The number of pyridine rings is 1. The molecule has 0 aliphatic heterocycles. The number of anilines is 2. The van der Waals surface area contributed by atoms with Gasteiger partial charge in [-0.1, -0.05) is 12.1 Å². The van der Waals surface area contributed by atoms with Crippen molar-refractivity contribution in [2.45, 2.75) is 6.54 Å². The van der Waals surface area contributed by atoms with Gasteiger partial charge in [-0.25, -0.2) is 4.98 Å². The average Bonchev–Trinajstić information content (AvgIpc) is 2.37. The molecule has 2 rings (SSSR count). The third kappa shape index (κ3) is 2.94. The quantitative estimate of drug-likeness (QED) is 0.635. The summed E-state index contributed by atoms with van der Waals surface area (Å²) in [5.41, 5.74) is 7.30. The lowest BCUT2D eigenvalue weighted by molar-refractivity contribution is -0.384. The number of aromatic nitrogens is 1. The molecular weight excluding hydrogens is 232 g/mol. The topological polar surface area (TPSA) is 94.1 Å². The third-order valence-corrected chi connectivity index (χ3v) is 2.40. The van der Waals surface area contributed by atoms with E-state index in [-0.39, 0.29) is 5.69 Å². The highest BCUT2D eigenvalue weighted by atomic mass is 16.6. The normalized spacial score (nSPS) is 10.0. The number of nitrogen functional groups attached to an aromatic ring is 1. The molecule has 0 spiro atoms. The van der Waals surface area contributed by atoms with Crippen molar-refractivity contribution in [1.29, 1.82) is 0 Å². The molecule has 92 valence electrons. The highest BCUT2D eigenvalue weighted by Gasteiger charge is 2.05. The predicted octanol–water partition coefficient (Wildman–Crippen LogP) is 2.18. The molecular formula is C12H12N4O2. The molecule has 6 heteroatoms. The minimum atomic E-state index is -0.409. The van der Waals surface area contributed by atoms with Gasteiger partial charge in [-0.2, -0.15) is 0 Å². The summed E-state index contributed by atoms with van der Waals surface area (Å²) >= 11 is 0. The van der Waals surface area contributed by atoms with Gasteiger partial charge in [-0.3, -0.25) is 10.1 Å². The van der Waals surface area contributed by atoms with Crippen LogP contribution >= 0.6 is 0 Å². The Morgan fingerprint density at radius 1 is 1.33 bits per heavy atom. The van der Waals surface area contributed by atoms with E-state index in [0.29, 0.717) is 12.4 Å². The fraction of sp³-hybridized carbons (Fsp3) is 0.0833. The molecule has 18 heavy (non-hydrogen) atoms. The molecule has 0 amide bonds. The van der Waals surface area contributed by atoms with Crippen molar-refractivity contribution in [1.82, 2.24) is 4.98 Å². The average molecular weight is 244 g/mol. The van der Waals surface area contributed by atoms with Gasteiger partial charge in [0.15, 0.2) is 0 Å². The number of nitro benzene ring substituents is 1. The van der Waals surface area contributed by atoms with E-state index in [0.717, 1.165) is 11.3 Å². The van der Waals surface area contributed by atoms with E-state index in [1.807, 2.05) is 6.07 Å². The number of nitrogens with zero attached hydrogens (tertiary/aromatic N) is 2.